The minimum Gasteiger partial charge on any atom is -0.497 e. The van der Waals surface area contributed by atoms with Gasteiger partial charge in [0.25, 0.3) is 0 Å². The largest absolute Gasteiger partial charge is 0.497 e. The molecule has 3 rings (SSSR count). The summed E-state index contributed by atoms with van der Waals surface area (Å²) >= 11 is 0. The fourth-order valence-corrected chi connectivity index (χ4v) is 3.31. The van der Waals surface area contributed by atoms with E-state index in [2.05, 4.69) is 10.6 Å². The molecule has 2 amide bonds. The summed E-state index contributed by atoms with van der Waals surface area (Å²) in [6, 6.07) is 16.8. The molecule has 27 heavy (non-hydrogen) atoms. The van der Waals surface area contributed by atoms with Gasteiger partial charge >= 0.3 is 11.8 Å². The molecule has 0 spiro atoms. The lowest BCUT2D eigenvalue weighted by Crippen LogP contribution is -2.47. The van der Waals surface area contributed by atoms with Gasteiger partial charge < -0.3 is 20.1 Å². The van der Waals surface area contributed by atoms with Crippen LogP contribution in [0.15, 0.2) is 54.6 Å². The van der Waals surface area contributed by atoms with Crippen molar-refractivity contribution in [2.45, 2.75) is 18.3 Å². The Morgan fingerprint density at radius 1 is 1.00 bits per heavy atom. The summed E-state index contributed by atoms with van der Waals surface area (Å²) in [6.45, 7) is 1.62. The van der Waals surface area contributed by atoms with Crippen LogP contribution in [0, 0.1) is 0 Å². The van der Waals surface area contributed by atoms with Gasteiger partial charge in [-0.3, -0.25) is 9.59 Å². The van der Waals surface area contributed by atoms with Gasteiger partial charge in [0.15, 0.2) is 0 Å². The van der Waals surface area contributed by atoms with E-state index in [9.17, 15) is 9.59 Å². The van der Waals surface area contributed by atoms with E-state index < -0.39 is 11.8 Å². The molecular formula is C21H24N2O4. The Morgan fingerprint density at radius 2 is 1.67 bits per heavy atom. The van der Waals surface area contributed by atoms with Crippen LogP contribution in [0.1, 0.15) is 18.4 Å². The van der Waals surface area contributed by atoms with Crippen molar-refractivity contribution in [2.24, 2.45) is 0 Å². The molecule has 2 aromatic carbocycles. The SMILES string of the molecule is COc1ccc(C2(CNC(=O)C(=O)Nc3ccccc3)CCOCC2)cc1. The highest BCUT2D eigenvalue weighted by molar-refractivity contribution is 6.39. The zero-order valence-corrected chi connectivity index (χ0v) is 15.4. The lowest BCUT2D eigenvalue weighted by atomic mass is 9.74. The van der Waals surface area contributed by atoms with E-state index in [1.165, 1.54) is 0 Å². The van der Waals surface area contributed by atoms with Gasteiger partial charge in [-0.15, -0.1) is 0 Å². The van der Waals surface area contributed by atoms with Crippen molar-refractivity contribution in [2.75, 3.05) is 32.2 Å². The fourth-order valence-electron chi connectivity index (χ4n) is 3.31. The van der Waals surface area contributed by atoms with Crippen molar-refractivity contribution in [3.05, 3.63) is 60.2 Å². The molecule has 2 aromatic rings. The first kappa shape index (κ1) is 18.9. The third kappa shape index (κ3) is 4.65. The van der Waals surface area contributed by atoms with Crippen LogP contribution >= 0.6 is 0 Å². The minimum atomic E-state index is -0.668. The number of ether oxygens (including phenoxy) is 2. The quantitative estimate of drug-likeness (QED) is 0.795. The summed E-state index contributed by atoms with van der Waals surface area (Å²) in [5.41, 5.74) is 1.44. The number of amides is 2. The van der Waals surface area contributed by atoms with E-state index in [-0.39, 0.29) is 5.41 Å². The molecule has 0 radical (unpaired) electrons. The second-order valence-electron chi connectivity index (χ2n) is 6.62. The van der Waals surface area contributed by atoms with Gasteiger partial charge in [0.05, 0.1) is 7.11 Å². The van der Waals surface area contributed by atoms with Gasteiger partial charge in [-0.25, -0.2) is 0 Å². The van der Waals surface area contributed by atoms with Gasteiger partial charge in [-0.1, -0.05) is 30.3 Å². The van der Waals surface area contributed by atoms with Crippen molar-refractivity contribution < 1.29 is 19.1 Å². The van der Waals surface area contributed by atoms with Crippen LogP contribution in [-0.2, 0) is 19.7 Å². The van der Waals surface area contributed by atoms with Crippen molar-refractivity contribution in [1.29, 1.82) is 0 Å². The molecular weight excluding hydrogens is 344 g/mol. The summed E-state index contributed by atoms with van der Waals surface area (Å²) in [5.74, 6) is -0.524. The Hall–Kier alpha value is -2.86. The van der Waals surface area contributed by atoms with Gasteiger partial charge in [0, 0.05) is 30.9 Å². The molecule has 0 unspecified atom stereocenters. The number of hydrogen-bond acceptors (Lipinski definition) is 4. The number of carbonyl (C=O) groups excluding carboxylic acids is 2. The highest BCUT2D eigenvalue weighted by atomic mass is 16.5. The molecule has 1 fully saturated rings. The smallest absolute Gasteiger partial charge is 0.313 e. The van der Waals surface area contributed by atoms with Crippen LogP contribution < -0.4 is 15.4 Å². The Balaban J connectivity index is 1.67. The Labute approximate surface area is 158 Å². The standard InChI is InChI=1S/C21H24N2O4/c1-26-18-9-7-16(8-10-18)21(11-13-27-14-12-21)15-22-19(24)20(25)23-17-5-3-2-4-6-17/h2-10H,11-15H2,1H3,(H,22,24)(H,23,25). The number of benzene rings is 2. The second kappa shape index (κ2) is 8.68. The van der Waals surface area contributed by atoms with Gasteiger partial charge in [-0.2, -0.15) is 0 Å². The lowest BCUT2D eigenvalue weighted by Gasteiger charge is -2.38. The minimum absolute atomic E-state index is 0.257. The number of hydrogen-bond donors (Lipinski definition) is 2. The molecule has 0 bridgehead atoms. The molecule has 0 aromatic heterocycles. The average Bonchev–Trinajstić information content (AvgIpc) is 2.73. The normalized spacial score (nSPS) is 15.6. The van der Waals surface area contributed by atoms with Crippen LogP contribution in [0.4, 0.5) is 5.69 Å². The zero-order chi connectivity index (χ0) is 19.1. The average molecular weight is 368 g/mol. The number of anilines is 1. The molecule has 0 atom stereocenters. The molecule has 0 saturated carbocycles. The number of rotatable bonds is 5. The van der Waals surface area contributed by atoms with Gasteiger partial charge in [0.1, 0.15) is 5.75 Å². The lowest BCUT2D eigenvalue weighted by molar-refractivity contribution is -0.136. The summed E-state index contributed by atoms with van der Waals surface area (Å²) in [5, 5.41) is 5.41. The molecule has 1 aliphatic rings. The van der Waals surface area contributed by atoms with E-state index in [4.69, 9.17) is 9.47 Å². The first-order valence-electron chi connectivity index (χ1n) is 8.99. The third-order valence-corrected chi connectivity index (χ3v) is 4.98. The summed E-state index contributed by atoms with van der Waals surface area (Å²) in [7, 11) is 1.63. The van der Waals surface area contributed by atoms with E-state index in [0.717, 1.165) is 24.2 Å². The molecule has 2 N–H and O–H groups in total. The van der Waals surface area contributed by atoms with Crippen molar-refractivity contribution >= 4 is 17.5 Å². The third-order valence-electron chi connectivity index (χ3n) is 4.98. The Morgan fingerprint density at radius 3 is 2.30 bits per heavy atom. The second-order valence-corrected chi connectivity index (χ2v) is 6.62. The Bertz CT molecular complexity index is 769. The van der Waals surface area contributed by atoms with Crippen LogP contribution in [-0.4, -0.2) is 38.7 Å². The predicted molar refractivity (Wildman–Crippen MR) is 103 cm³/mol. The maximum absolute atomic E-state index is 12.3. The molecule has 1 heterocycles. The monoisotopic (exact) mass is 368 g/mol. The highest BCUT2D eigenvalue weighted by Gasteiger charge is 2.35. The molecule has 1 saturated heterocycles. The van der Waals surface area contributed by atoms with E-state index >= 15 is 0 Å². The van der Waals surface area contributed by atoms with E-state index in [1.807, 2.05) is 30.3 Å². The van der Waals surface area contributed by atoms with Crippen LogP contribution in [0.25, 0.3) is 0 Å². The topological polar surface area (TPSA) is 76.7 Å². The van der Waals surface area contributed by atoms with Crippen LogP contribution in [0.3, 0.4) is 0 Å². The van der Waals surface area contributed by atoms with Gasteiger partial charge in [0.2, 0.25) is 0 Å². The molecule has 1 aliphatic heterocycles. The van der Waals surface area contributed by atoms with Gasteiger partial charge in [-0.05, 0) is 42.7 Å². The predicted octanol–water partition coefficient (Wildman–Crippen LogP) is 2.50. The number of methoxy groups -OCH3 is 1. The van der Waals surface area contributed by atoms with Crippen LogP contribution in [0.2, 0.25) is 0 Å². The fraction of sp³-hybridized carbons (Fsp3) is 0.333. The summed E-state index contributed by atoms with van der Waals surface area (Å²) in [4.78, 5) is 24.4. The van der Waals surface area contributed by atoms with E-state index in [0.29, 0.717) is 25.4 Å². The maximum atomic E-state index is 12.3. The highest BCUT2D eigenvalue weighted by Crippen LogP contribution is 2.35. The zero-order valence-electron chi connectivity index (χ0n) is 15.4. The number of carbonyl (C=O) groups is 2. The van der Waals surface area contributed by atoms with E-state index in [1.54, 1.807) is 31.4 Å². The maximum Gasteiger partial charge on any atom is 0.313 e. The molecule has 6 nitrogen and oxygen atoms in total. The van der Waals surface area contributed by atoms with Crippen molar-refractivity contribution in [3.8, 4) is 5.75 Å². The molecule has 6 heteroatoms. The number of para-hydroxylation sites is 1. The summed E-state index contributed by atoms with van der Waals surface area (Å²) < 4.78 is 10.7. The van der Waals surface area contributed by atoms with Crippen molar-refractivity contribution in [3.63, 3.8) is 0 Å². The van der Waals surface area contributed by atoms with Crippen molar-refractivity contribution in [1.82, 2.24) is 5.32 Å². The Kier molecular flexibility index (Phi) is 6.08. The first-order valence-corrected chi connectivity index (χ1v) is 8.99. The van der Waals surface area contributed by atoms with Crippen LogP contribution in [0.5, 0.6) is 5.75 Å². The number of nitrogens with one attached hydrogen (secondary N) is 2. The molecule has 142 valence electrons. The molecule has 0 aliphatic carbocycles. The summed E-state index contributed by atoms with van der Waals surface area (Å²) in [6.07, 6.45) is 1.56. The first-order chi connectivity index (χ1) is 13.1.